The molecule has 0 aliphatic heterocycles. The summed E-state index contributed by atoms with van der Waals surface area (Å²) in [4.78, 5) is 22.6. The van der Waals surface area contributed by atoms with Crippen molar-refractivity contribution in [1.29, 1.82) is 0 Å². The van der Waals surface area contributed by atoms with Gasteiger partial charge in [-0.3, -0.25) is 4.79 Å². The number of nitrogens with one attached hydrogen (secondary N) is 1. The largest absolute Gasteiger partial charge is 0.480 e. The van der Waals surface area contributed by atoms with E-state index in [-0.39, 0.29) is 12.2 Å². The van der Waals surface area contributed by atoms with Gasteiger partial charge in [0.15, 0.2) is 0 Å². The van der Waals surface area contributed by atoms with Gasteiger partial charge in [-0.2, -0.15) is 11.8 Å². The lowest BCUT2D eigenvalue weighted by atomic mass is 10.2. The molecule has 0 heterocycles. The van der Waals surface area contributed by atoms with Gasteiger partial charge < -0.3 is 16.2 Å². The Morgan fingerprint density at radius 3 is 2.37 bits per heavy atom. The van der Waals surface area contributed by atoms with Crippen molar-refractivity contribution >= 4 is 33.5 Å². The number of rotatable bonds is 9. The Bertz CT molecular complexity index is 410. The van der Waals surface area contributed by atoms with Crippen LogP contribution in [0.5, 0.6) is 0 Å². The van der Waals surface area contributed by atoms with Crippen molar-refractivity contribution < 1.29 is 23.1 Å². The van der Waals surface area contributed by atoms with Gasteiger partial charge in [-0.25, -0.2) is 13.2 Å². The van der Waals surface area contributed by atoms with Crippen LogP contribution < -0.4 is 11.1 Å². The van der Waals surface area contributed by atoms with E-state index in [9.17, 15) is 18.0 Å². The van der Waals surface area contributed by atoms with E-state index >= 15 is 0 Å². The van der Waals surface area contributed by atoms with E-state index in [1.165, 1.54) is 11.8 Å². The molecule has 2 atom stereocenters. The fourth-order valence-corrected chi connectivity index (χ4v) is 2.40. The third-order valence-electron chi connectivity index (χ3n) is 2.36. The molecule has 0 fully saturated rings. The molecular weight excluding hydrogens is 292 g/mol. The van der Waals surface area contributed by atoms with Gasteiger partial charge in [0.1, 0.15) is 15.9 Å². The standard InChI is InChI=1S/C10H20N2O5S2/c1-18-5-3-7(11)9(13)12-8(10(14)15)4-6-19(2,16)17/h7-8H,3-6,11H2,1-2H3,(H,12,13)(H,14,15)/t7-,8?/m0/s1. The minimum Gasteiger partial charge on any atom is -0.480 e. The van der Waals surface area contributed by atoms with Crippen LogP contribution in [0.2, 0.25) is 0 Å². The molecule has 0 radical (unpaired) electrons. The maximum atomic E-state index is 11.6. The molecular formula is C10H20N2O5S2. The number of amides is 1. The van der Waals surface area contributed by atoms with E-state index in [1.807, 2.05) is 6.26 Å². The quantitative estimate of drug-likeness (QED) is 0.502. The van der Waals surface area contributed by atoms with Crippen LogP contribution in [0.3, 0.4) is 0 Å². The van der Waals surface area contributed by atoms with Gasteiger partial charge in [-0.1, -0.05) is 0 Å². The highest BCUT2D eigenvalue weighted by Gasteiger charge is 2.24. The summed E-state index contributed by atoms with van der Waals surface area (Å²) in [5.74, 6) is -1.45. The Hall–Kier alpha value is -0.800. The third-order valence-corrected chi connectivity index (χ3v) is 3.98. The predicted molar refractivity (Wildman–Crippen MR) is 74.9 cm³/mol. The summed E-state index contributed by atoms with van der Waals surface area (Å²) < 4.78 is 22.0. The molecule has 1 amide bonds. The van der Waals surface area contributed by atoms with Gasteiger partial charge in [-0.15, -0.1) is 0 Å². The van der Waals surface area contributed by atoms with Gasteiger partial charge in [-0.05, 0) is 24.9 Å². The molecule has 0 rings (SSSR count). The Balaban J connectivity index is 4.42. The molecule has 0 aromatic carbocycles. The summed E-state index contributed by atoms with van der Waals surface area (Å²) >= 11 is 1.53. The summed E-state index contributed by atoms with van der Waals surface area (Å²) in [7, 11) is -3.27. The summed E-state index contributed by atoms with van der Waals surface area (Å²) in [5, 5.41) is 11.2. The fourth-order valence-electron chi connectivity index (χ4n) is 1.24. The van der Waals surface area contributed by atoms with Crippen molar-refractivity contribution in [2.24, 2.45) is 5.73 Å². The Kier molecular flexibility index (Phi) is 8.03. The van der Waals surface area contributed by atoms with Crippen molar-refractivity contribution in [3.63, 3.8) is 0 Å². The molecule has 19 heavy (non-hydrogen) atoms. The summed E-state index contributed by atoms with van der Waals surface area (Å²) in [5.41, 5.74) is 5.60. The monoisotopic (exact) mass is 312 g/mol. The SMILES string of the molecule is CSCC[C@H](N)C(=O)NC(CCS(C)(=O)=O)C(=O)O. The number of carbonyl (C=O) groups excluding carboxylic acids is 1. The molecule has 7 nitrogen and oxygen atoms in total. The van der Waals surface area contributed by atoms with Gasteiger partial charge in [0.05, 0.1) is 11.8 Å². The number of carboxylic acids is 1. The Morgan fingerprint density at radius 1 is 1.37 bits per heavy atom. The highest BCUT2D eigenvalue weighted by atomic mass is 32.2. The molecule has 4 N–H and O–H groups in total. The van der Waals surface area contributed by atoms with Crippen LogP contribution in [0.1, 0.15) is 12.8 Å². The van der Waals surface area contributed by atoms with Crippen LogP contribution in [0.25, 0.3) is 0 Å². The molecule has 0 aromatic rings. The van der Waals surface area contributed by atoms with Crippen LogP contribution in [0.4, 0.5) is 0 Å². The van der Waals surface area contributed by atoms with Crippen molar-refractivity contribution in [3.8, 4) is 0 Å². The van der Waals surface area contributed by atoms with Gasteiger partial charge in [0.25, 0.3) is 0 Å². The third kappa shape index (κ3) is 8.84. The topological polar surface area (TPSA) is 127 Å². The molecule has 1 unspecified atom stereocenters. The highest BCUT2D eigenvalue weighted by Crippen LogP contribution is 2.01. The average Bonchev–Trinajstić information content (AvgIpc) is 2.29. The highest BCUT2D eigenvalue weighted by molar-refractivity contribution is 7.98. The zero-order chi connectivity index (χ0) is 15.1. The Labute approximate surface area is 117 Å². The van der Waals surface area contributed by atoms with E-state index in [4.69, 9.17) is 10.8 Å². The van der Waals surface area contributed by atoms with Gasteiger partial charge >= 0.3 is 5.97 Å². The van der Waals surface area contributed by atoms with Crippen LogP contribution >= 0.6 is 11.8 Å². The van der Waals surface area contributed by atoms with E-state index in [0.29, 0.717) is 12.2 Å². The number of aliphatic carboxylic acids is 1. The number of hydrogen-bond donors (Lipinski definition) is 3. The van der Waals surface area contributed by atoms with Crippen LogP contribution in [0.15, 0.2) is 0 Å². The number of hydrogen-bond acceptors (Lipinski definition) is 6. The lowest BCUT2D eigenvalue weighted by Crippen LogP contribution is -2.49. The number of thioether (sulfide) groups is 1. The number of nitrogens with two attached hydrogens (primary N) is 1. The Morgan fingerprint density at radius 2 is 1.95 bits per heavy atom. The first kappa shape index (κ1) is 18.2. The molecule has 112 valence electrons. The lowest BCUT2D eigenvalue weighted by molar-refractivity contribution is -0.142. The first-order chi connectivity index (χ1) is 8.67. The zero-order valence-corrected chi connectivity index (χ0v) is 12.6. The maximum Gasteiger partial charge on any atom is 0.326 e. The van der Waals surface area contributed by atoms with Crippen LogP contribution in [0, 0.1) is 0 Å². The molecule has 9 heteroatoms. The van der Waals surface area contributed by atoms with Crippen molar-refractivity contribution in [2.75, 3.05) is 24.0 Å². The molecule has 0 saturated carbocycles. The first-order valence-electron chi connectivity index (χ1n) is 5.62. The molecule has 0 aliphatic rings. The van der Waals surface area contributed by atoms with E-state index in [1.54, 1.807) is 0 Å². The summed E-state index contributed by atoms with van der Waals surface area (Å²) in [6.07, 6.45) is 3.15. The maximum absolute atomic E-state index is 11.6. The lowest BCUT2D eigenvalue weighted by Gasteiger charge is -2.17. The van der Waals surface area contributed by atoms with Gasteiger partial charge in [0, 0.05) is 6.26 Å². The molecule has 0 spiro atoms. The molecule has 0 aliphatic carbocycles. The second-order valence-electron chi connectivity index (χ2n) is 4.21. The minimum atomic E-state index is -3.27. The molecule has 0 aromatic heterocycles. The van der Waals surface area contributed by atoms with Crippen LogP contribution in [-0.4, -0.2) is 61.5 Å². The summed E-state index contributed by atoms with van der Waals surface area (Å²) in [6.45, 7) is 0. The second-order valence-corrected chi connectivity index (χ2v) is 7.45. The van der Waals surface area contributed by atoms with Crippen molar-refractivity contribution in [2.45, 2.75) is 24.9 Å². The van der Waals surface area contributed by atoms with E-state index in [2.05, 4.69) is 5.32 Å². The average molecular weight is 312 g/mol. The number of carbonyl (C=O) groups is 2. The van der Waals surface area contributed by atoms with Gasteiger partial charge in [0.2, 0.25) is 5.91 Å². The fraction of sp³-hybridized carbons (Fsp3) is 0.800. The van der Waals surface area contributed by atoms with E-state index in [0.717, 1.165) is 6.26 Å². The second kappa shape index (κ2) is 8.39. The van der Waals surface area contributed by atoms with E-state index < -0.39 is 33.8 Å². The van der Waals surface area contributed by atoms with Crippen molar-refractivity contribution in [3.05, 3.63) is 0 Å². The normalized spacial score (nSPS) is 14.7. The number of carboxylic acid groups (broad SMARTS) is 1. The zero-order valence-electron chi connectivity index (χ0n) is 11.0. The number of sulfone groups is 1. The summed E-state index contributed by atoms with van der Waals surface area (Å²) in [6, 6.07) is -2.02. The molecule has 0 saturated heterocycles. The predicted octanol–water partition coefficient (Wildman–Crippen LogP) is -0.929. The minimum absolute atomic E-state index is 0.171. The van der Waals surface area contributed by atoms with Crippen LogP contribution in [-0.2, 0) is 19.4 Å². The molecule has 0 bridgehead atoms. The smallest absolute Gasteiger partial charge is 0.326 e. The van der Waals surface area contributed by atoms with Crippen molar-refractivity contribution in [1.82, 2.24) is 5.32 Å². The first-order valence-corrected chi connectivity index (χ1v) is 9.08.